The van der Waals surface area contributed by atoms with Crippen LogP contribution in [0.1, 0.15) is 11.1 Å². The largest absolute Gasteiger partial charge is 0.497 e. The van der Waals surface area contributed by atoms with Crippen LogP contribution in [0.5, 0.6) is 5.75 Å². The summed E-state index contributed by atoms with van der Waals surface area (Å²) in [7, 11) is 1.63. The van der Waals surface area contributed by atoms with E-state index >= 15 is 0 Å². The summed E-state index contributed by atoms with van der Waals surface area (Å²) in [5.41, 5.74) is 3.47. The van der Waals surface area contributed by atoms with Gasteiger partial charge in [0.05, 0.1) is 7.11 Å². The zero-order valence-corrected chi connectivity index (χ0v) is 14.9. The maximum Gasteiger partial charge on any atom is 0.321 e. The highest BCUT2D eigenvalue weighted by atomic mass is 16.5. The summed E-state index contributed by atoms with van der Waals surface area (Å²) in [5, 5.41) is 2.95. The van der Waals surface area contributed by atoms with Crippen molar-refractivity contribution < 1.29 is 9.53 Å². The molecule has 3 rings (SSSR count). The number of anilines is 1. The average Bonchev–Trinajstić information content (AvgIpc) is 2.65. The minimum absolute atomic E-state index is 0.0410. The number of carbonyl (C=O) groups excluding carboxylic acids is 1. The Morgan fingerprint density at radius 1 is 1.04 bits per heavy atom. The van der Waals surface area contributed by atoms with Crippen LogP contribution >= 0.6 is 0 Å². The van der Waals surface area contributed by atoms with Crippen molar-refractivity contribution in [2.75, 3.05) is 38.6 Å². The van der Waals surface area contributed by atoms with Gasteiger partial charge in [-0.1, -0.05) is 24.3 Å². The molecule has 2 aromatic rings. The highest BCUT2D eigenvalue weighted by Gasteiger charge is 2.21. The summed E-state index contributed by atoms with van der Waals surface area (Å²) in [4.78, 5) is 16.7. The lowest BCUT2D eigenvalue weighted by Crippen LogP contribution is -2.49. The Morgan fingerprint density at radius 3 is 2.36 bits per heavy atom. The zero-order valence-electron chi connectivity index (χ0n) is 14.9. The highest BCUT2D eigenvalue weighted by Crippen LogP contribution is 2.16. The molecule has 25 heavy (non-hydrogen) atoms. The molecule has 0 aromatic heterocycles. The minimum Gasteiger partial charge on any atom is -0.497 e. The van der Waals surface area contributed by atoms with Gasteiger partial charge in [-0.05, 0) is 42.3 Å². The molecular weight excluding hydrogens is 314 g/mol. The number of nitrogens with zero attached hydrogens (tertiary/aromatic N) is 2. The molecule has 132 valence electrons. The lowest BCUT2D eigenvalue weighted by atomic mass is 10.1. The summed E-state index contributed by atoms with van der Waals surface area (Å²) < 4.78 is 5.13. The number of amides is 2. The van der Waals surface area contributed by atoms with Crippen LogP contribution in [0.4, 0.5) is 10.5 Å². The molecule has 1 heterocycles. The standard InChI is InChI=1S/C20H25N3O2/c1-16-5-3-4-6-17(16)15-22-11-13-23(14-12-22)20(24)21-18-7-9-19(25-2)10-8-18/h3-10H,11-15H2,1-2H3,(H,21,24). The topological polar surface area (TPSA) is 44.8 Å². The molecule has 1 N–H and O–H groups in total. The van der Waals surface area contributed by atoms with Crippen molar-refractivity contribution in [2.24, 2.45) is 0 Å². The van der Waals surface area contributed by atoms with Crippen LogP contribution in [0.25, 0.3) is 0 Å². The number of hydrogen-bond donors (Lipinski definition) is 1. The van der Waals surface area contributed by atoms with E-state index < -0.39 is 0 Å². The second-order valence-electron chi connectivity index (χ2n) is 6.35. The molecule has 5 heteroatoms. The Kier molecular flexibility index (Phi) is 5.56. The van der Waals surface area contributed by atoms with Gasteiger partial charge in [-0.25, -0.2) is 4.79 Å². The van der Waals surface area contributed by atoms with E-state index in [2.05, 4.69) is 41.4 Å². The van der Waals surface area contributed by atoms with E-state index in [0.29, 0.717) is 0 Å². The Bertz CT molecular complexity index is 707. The molecule has 2 aromatic carbocycles. The van der Waals surface area contributed by atoms with E-state index in [4.69, 9.17) is 4.74 Å². The molecule has 1 aliphatic rings. The van der Waals surface area contributed by atoms with Crippen LogP contribution in [-0.4, -0.2) is 49.1 Å². The van der Waals surface area contributed by atoms with E-state index in [-0.39, 0.29) is 6.03 Å². The van der Waals surface area contributed by atoms with Crippen molar-refractivity contribution in [1.29, 1.82) is 0 Å². The highest BCUT2D eigenvalue weighted by molar-refractivity contribution is 5.89. The fourth-order valence-electron chi connectivity index (χ4n) is 3.01. The number of piperazine rings is 1. The molecule has 2 amide bonds. The summed E-state index contributed by atoms with van der Waals surface area (Å²) >= 11 is 0. The van der Waals surface area contributed by atoms with Crippen LogP contribution in [-0.2, 0) is 6.54 Å². The first kappa shape index (κ1) is 17.3. The van der Waals surface area contributed by atoms with Crippen molar-refractivity contribution in [3.63, 3.8) is 0 Å². The second kappa shape index (κ2) is 8.03. The summed E-state index contributed by atoms with van der Waals surface area (Å²) in [5.74, 6) is 0.780. The number of urea groups is 1. The molecule has 0 spiro atoms. The molecule has 0 saturated carbocycles. The van der Waals surface area contributed by atoms with Crippen molar-refractivity contribution in [2.45, 2.75) is 13.5 Å². The van der Waals surface area contributed by atoms with E-state index in [9.17, 15) is 4.79 Å². The van der Waals surface area contributed by atoms with Gasteiger partial charge >= 0.3 is 6.03 Å². The first-order valence-electron chi connectivity index (χ1n) is 8.62. The van der Waals surface area contributed by atoms with Gasteiger partial charge in [-0.15, -0.1) is 0 Å². The Labute approximate surface area is 149 Å². The number of carbonyl (C=O) groups is 1. The van der Waals surface area contributed by atoms with Crippen LogP contribution in [0.2, 0.25) is 0 Å². The number of rotatable bonds is 4. The van der Waals surface area contributed by atoms with Crippen molar-refractivity contribution in [3.8, 4) is 5.75 Å². The van der Waals surface area contributed by atoms with Gasteiger partial charge in [0.1, 0.15) is 5.75 Å². The molecule has 1 aliphatic heterocycles. The minimum atomic E-state index is -0.0410. The monoisotopic (exact) mass is 339 g/mol. The van der Waals surface area contributed by atoms with Crippen LogP contribution < -0.4 is 10.1 Å². The van der Waals surface area contributed by atoms with Crippen LogP contribution in [0.3, 0.4) is 0 Å². The second-order valence-corrected chi connectivity index (χ2v) is 6.35. The number of benzene rings is 2. The molecular formula is C20H25N3O2. The fourth-order valence-corrected chi connectivity index (χ4v) is 3.01. The maximum atomic E-state index is 12.4. The third-order valence-electron chi connectivity index (χ3n) is 4.66. The predicted molar refractivity (Wildman–Crippen MR) is 100 cm³/mol. The molecule has 0 bridgehead atoms. The number of ether oxygens (including phenoxy) is 1. The zero-order chi connectivity index (χ0) is 17.6. The Morgan fingerprint density at radius 2 is 1.72 bits per heavy atom. The molecule has 5 nitrogen and oxygen atoms in total. The van der Waals surface area contributed by atoms with E-state index in [1.165, 1.54) is 11.1 Å². The fraction of sp³-hybridized carbons (Fsp3) is 0.350. The molecule has 1 saturated heterocycles. The van der Waals surface area contributed by atoms with Gasteiger partial charge < -0.3 is 15.0 Å². The third-order valence-corrected chi connectivity index (χ3v) is 4.66. The lowest BCUT2D eigenvalue weighted by molar-refractivity contribution is 0.143. The Hall–Kier alpha value is -2.53. The number of hydrogen-bond acceptors (Lipinski definition) is 3. The van der Waals surface area contributed by atoms with Gasteiger partial charge in [-0.2, -0.15) is 0 Å². The normalized spacial score (nSPS) is 15.0. The SMILES string of the molecule is COc1ccc(NC(=O)N2CCN(Cc3ccccc3C)CC2)cc1. The number of aryl methyl sites for hydroxylation is 1. The smallest absolute Gasteiger partial charge is 0.321 e. The summed E-state index contributed by atoms with van der Waals surface area (Å²) in [6.45, 7) is 6.37. The quantitative estimate of drug-likeness (QED) is 0.929. The average molecular weight is 339 g/mol. The molecule has 0 unspecified atom stereocenters. The van der Waals surface area contributed by atoms with Gasteiger partial charge in [0.25, 0.3) is 0 Å². The number of methoxy groups -OCH3 is 1. The number of nitrogens with one attached hydrogen (secondary N) is 1. The Balaban J connectivity index is 1.49. The van der Waals surface area contributed by atoms with Crippen LogP contribution in [0.15, 0.2) is 48.5 Å². The van der Waals surface area contributed by atoms with Gasteiger partial charge in [0, 0.05) is 38.4 Å². The first-order chi connectivity index (χ1) is 12.2. The van der Waals surface area contributed by atoms with Crippen LogP contribution in [0, 0.1) is 6.92 Å². The molecule has 0 atom stereocenters. The van der Waals surface area contributed by atoms with E-state index in [1.807, 2.05) is 29.2 Å². The predicted octanol–water partition coefficient (Wildman–Crippen LogP) is 3.35. The summed E-state index contributed by atoms with van der Waals surface area (Å²) in [6.07, 6.45) is 0. The van der Waals surface area contributed by atoms with Crippen molar-refractivity contribution >= 4 is 11.7 Å². The van der Waals surface area contributed by atoms with Gasteiger partial charge in [0.2, 0.25) is 0 Å². The van der Waals surface area contributed by atoms with E-state index in [1.54, 1.807) is 7.11 Å². The molecule has 0 aliphatic carbocycles. The third kappa shape index (κ3) is 4.51. The van der Waals surface area contributed by atoms with Crippen molar-refractivity contribution in [1.82, 2.24) is 9.80 Å². The summed E-state index contributed by atoms with van der Waals surface area (Å²) in [6, 6.07) is 15.8. The van der Waals surface area contributed by atoms with Gasteiger partial charge in [-0.3, -0.25) is 4.90 Å². The maximum absolute atomic E-state index is 12.4. The molecule has 1 fully saturated rings. The lowest BCUT2D eigenvalue weighted by Gasteiger charge is -2.35. The van der Waals surface area contributed by atoms with Gasteiger partial charge in [0.15, 0.2) is 0 Å². The first-order valence-corrected chi connectivity index (χ1v) is 8.62. The van der Waals surface area contributed by atoms with E-state index in [0.717, 1.165) is 44.2 Å². The van der Waals surface area contributed by atoms with Crippen molar-refractivity contribution in [3.05, 3.63) is 59.7 Å². The molecule has 0 radical (unpaired) electrons.